The Hall–Kier alpha value is -1.29. The van der Waals surface area contributed by atoms with Gasteiger partial charge in [0.2, 0.25) is 0 Å². The van der Waals surface area contributed by atoms with Crippen LogP contribution in [0.2, 0.25) is 5.02 Å². The van der Waals surface area contributed by atoms with E-state index in [1.807, 2.05) is 0 Å². The Morgan fingerprint density at radius 2 is 2.27 bits per heavy atom. The Balaban J connectivity index is 2.96. The standard InChI is InChI=1S/C6H5ClN4/c7-3-1-9-2-4-5(3)6(8)11-10-4/h1-2H,(H3,8,10,11). The second-order valence-corrected chi connectivity index (χ2v) is 2.56. The van der Waals surface area contributed by atoms with Crippen LogP contribution < -0.4 is 5.73 Å². The number of aromatic amines is 1. The third kappa shape index (κ3) is 0.832. The predicted molar refractivity (Wildman–Crippen MR) is 43.3 cm³/mol. The van der Waals surface area contributed by atoms with Gasteiger partial charge >= 0.3 is 0 Å². The Morgan fingerprint density at radius 3 is 3.00 bits per heavy atom. The van der Waals surface area contributed by atoms with Gasteiger partial charge in [0, 0.05) is 6.20 Å². The summed E-state index contributed by atoms with van der Waals surface area (Å²) in [7, 11) is 0. The summed E-state index contributed by atoms with van der Waals surface area (Å²) in [6, 6.07) is 0. The number of nitrogens with two attached hydrogens (primary N) is 1. The summed E-state index contributed by atoms with van der Waals surface area (Å²) in [6.07, 6.45) is 3.17. The van der Waals surface area contributed by atoms with Gasteiger partial charge in [0.25, 0.3) is 0 Å². The van der Waals surface area contributed by atoms with Crippen molar-refractivity contribution in [2.75, 3.05) is 5.73 Å². The molecule has 0 unspecified atom stereocenters. The molecule has 2 rings (SSSR count). The van der Waals surface area contributed by atoms with Gasteiger partial charge in [-0.1, -0.05) is 11.6 Å². The van der Waals surface area contributed by atoms with Crippen molar-refractivity contribution in [3.05, 3.63) is 17.4 Å². The van der Waals surface area contributed by atoms with E-state index in [-0.39, 0.29) is 0 Å². The highest BCUT2D eigenvalue weighted by Gasteiger charge is 2.04. The van der Waals surface area contributed by atoms with E-state index in [2.05, 4.69) is 15.2 Å². The van der Waals surface area contributed by atoms with Gasteiger partial charge in [-0.2, -0.15) is 5.10 Å². The SMILES string of the molecule is Nc1n[nH]c2cncc(Cl)c12. The molecule has 3 N–H and O–H groups in total. The maximum absolute atomic E-state index is 5.80. The molecule has 2 aromatic rings. The van der Waals surface area contributed by atoms with Crippen LogP contribution in [0.4, 0.5) is 5.82 Å². The number of nitrogen functional groups attached to an aromatic ring is 1. The molecule has 0 bridgehead atoms. The normalized spacial score (nSPS) is 10.6. The molecule has 2 heterocycles. The number of nitrogens with zero attached hydrogens (tertiary/aromatic N) is 2. The van der Waals surface area contributed by atoms with E-state index < -0.39 is 0 Å². The molecule has 0 aliphatic rings. The average Bonchev–Trinajstić information content (AvgIpc) is 2.34. The quantitative estimate of drug-likeness (QED) is 0.621. The highest BCUT2D eigenvalue weighted by atomic mass is 35.5. The van der Waals surface area contributed by atoms with Crippen LogP contribution in [0, 0.1) is 0 Å². The second kappa shape index (κ2) is 2.10. The zero-order valence-electron chi connectivity index (χ0n) is 5.50. The zero-order valence-corrected chi connectivity index (χ0v) is 6.26. The number of hydrogen-bond donors (Lipinski definition) is 2. The number of nitrogens with one attached hydrogen (secondary N) is 1. The molecular weight excluding hydrogens is 164 g/mol. The van der Waals surface area contributed by atoms with Gasteiger partial charge in [-0.3, -0.25) is 10.1 Å². The first-order valence-electron chi connectivity index (χ1n) is 3.02. The second-order valence-electron chi connectivity index (χ2n) is 2.15. The largest absolute Gasteiger partial charge is 0.382 e. The number of rotatable bonds is 0. The molecule has 0 aromatic carbocycles. The number of hydrogen-bond acceptors (Lipinski definition) is 3. The monoisotopic (exact) mass is 168 g/mol. The van der Waals surface area contributed by atoms with E-state index in [1.165, 1.54) is 6.20 Å². The summed E-state index contributed by atoms with van der Waals surface area (Å²) in [5.74, 6) is 0.410. The van der Waals surface area contributed by atoms with Crippen LogP contribution in [0.5, 0.6) is 0 Å². The molecule has 0 aliphatic carbocycles. The van der Waals surface area contributed by atoms with Crippen LogP contribution in [0.3, 0.4) is 0 Å². The van der Waals surface area contributed by atoms with Crippen molar-refractivity contribution in [1.82, 2.24) is 15.2 Å². The number of H-pyrrole nitrogens is 1. The summed E-state index contributed by atoms with van der Waals surface area (Å²) in [4.78, 5) is 3.87. The van der Waals surface area contributed by atoms with Crippen molar-refractivity contribution in [1.29, 1.82) is 0 Å². The van der Waals surface area contributed by atoms with Crippen LogP contribution in [0.15, 0.2) is 12.4 Å². The Labute approximate surface area is 67.4 Å². The molecule has 4 nitrogen and oxygen atoms in total. The molecule has 0 radical (unpaired) electrons. The van der Waals surface area contributed by atoms with Gasteiger partial charge in [0.15, 0.2) is 5.82 Å². The van der Waals surface area contributed by atoms with Crippen LogP contribution in [-0.2, 0) is 0 Å². The Bertz CT molecular complexity index is 394. The molecule has 0 spiro atoms. The fraction of sp³-hybridized carbons (Fsp3) is 0. The third-order valence-electron chi connectivity index (χ3n) is 1.45. The van der Waals surface area contributed by atoms with Crippen molar-refractivity contribution in [2.24, 2.45) is 0 Å². The number of pyridine rings is 1. The minimum absolute atomic E-state index is 0.410. The van der Waals surface area contributed by atoms with Crippen molar-refractivity contribution in [2.45, 2.75) is 0 Å². The Morgan fingerprint density at radius 1 is 1.45 bits per heavy atom. The summed E-state index contributed by atoms with van der Waals surface area (Å²) in [5.41, 5.74) is 6.28. The van der Waals surface area contributed by atoms with Crippen molar-refractivity contribution in [3.8, 4) is 0 Å². The average molecular weight is 169 g/mol. The summed E-state index contributed by atoms with van der Waals surface area (Å²) in [6.45, 7) is 0. The minimum atomic E-state index is 0.410. The summed E-state index contributed by atoms with van der Waals surface area (Å²) < 4.78 is 0. The van der Waals surface area contributed by atoms with Gasteiger partial charge in [0.05, 0.1) is 22.1 Å². The topological polar surface area (TPSA) is 67.6 Å². The number of anilines is 1. The highest BCUT2D eigenvalue weighted by Crippen LogP contribution is 2.24. The van der Waals surface area contributed by atoms with E-state index >= 15 is 0 Å². The first-order chi connectivity index (χ1) is 5.29. The molecule has 0 saturated heterocycles. The van der Waals surface area contributed by atoms with Gasteiger partial charge in [0.1, 0.15) is 0 Å². The lowest BCUT2D eigenvalue weighted by atomic mass is 10.3. The molecule has 5 heteroatoms. The lowest BCUT2D eigenvalue weighted by Gasteiger charge is -1.90. The zero-order chi connectivity index (χ0) is 7.84. The van der Waals surface area contributed by atoms with Gasteiger partial charge in [-0.15, -0.1) is 0 Å². The molecule has 0 atom stereocenters. The van der Waals surface area contributed by atoms with E-state index in [1.54, 1.807) is 6.20 Å². The number of aromatic nitrogens is 3. The van der Waals surface area contributed by atoms with Gasteiger partial charge in [-0.25, -0.2) is 0 Å². The highest BCUT2D eigenvalue weighted by molar-refractivity contribution is 6.36. The molecule has 56 valence electrons. The lowest BCUT2D eigenvalue weighted by molar-refractivity contribution is 1.12. The summed E-state index contributed by atoms with van der Waals surface area (Å²) in [5, 5.41) is 7.75. The fourth-order valence-electron chi connectivity index (χ4n) is 0.956. The van der Waals surface area contributed by atoms with E-state index in [9.17, 15) is 0 Å². The molecule has 2 aromatic heterocycles. The van der Waals surface area contributed by atoms with E-state index in [0.29, 0.717) is 10.8 Å². The fourth-order valence-corrected chi connectivity index (χ4v) is 1.21. The molecule has 0 aliphatic heterocycles. The van der Waals surface area contributed by atoms with Crippen LogP contribution in [0.1, 0.15) is 0 Å². The van der Waals surface area contributed by atoms with Crippen LogP contribution in [-0.4, -0.2) is 15.2 Å². The predicted octanol–water partition coefficient (Wildman–Crippen LogP) is 1.19. The number of fused-ring (bicyclic) bond motifs is 1. The smallest absolute Gasteiger partial charge is 0.154 e. The maximum atomic E-state index is 5.80. The first kappa shape index (κ1) is 6.42. The van der Waals surface area contributed by atoms with Gasteiger partial charge < -0.3 is 5.73 Å². The third-order valence-corrected chi connectivity index (χ3v) is 1.74. The molecule has 11 heavy (non-hydrogen) atoms. The Kier molecular flexibility index (Phi) is 1.22. The minimum Gasteiger partial charge on any atom is -0.382 e. The van der Waals surface area contributed by atoms with Crippen molar-refractivity contribution in [3.63, 3.8) is 0 Å². The van der Waals surface area contributed by atoms with Crippen LogP contribution in [0.25, 0.3) is 10.9 Å². The van der Waals surface area contributed by atoms with E-state index in [4.69, 9.17) is 17.3 Å². The molecule has 0 saturated carbocycles. The number of halogens is 1. The van der Waals surface area contributed by atoms with Crippen molar-refractivity contribution >= 4 is 28.3 Å². The van der Waals surface area contributed by atoms with E-state index in [0.717, 1.165) is 10.9 Å². The van der Waals surface area contributed by atoms with Gasteiger partial charge in [-0.05, 0) is 0 Å². The maximum Gasteiger partial charge on any atom is 0.154 e. The van der Waals surface area contributed by atoms with Crippen molar-refractivity contribution < 1.29 is 0 Å². The molecule has 0 fully saturated rings. The van der Waals surface area contributed by atoms with Crippen LogP contribution >= 0.6 is 11.6 Å². The lowest BCUT2D eigenvalue weighted by Crippen LogP contribution is -1.84. The first-order valence-corrected chi connectivity index (χ1v) is 3.40. The molecule has 0 amide bonds. The summed E-state index contributed by atoms with van der Waals surface area (Å²) >= 11 is 5.80. The molecular formula is C6H5ClN4.